The van der Waals surface area contributed by atoms with Gasteiger partial charge in [-0.15, -0.1) is 0 Å². The van der Waals surface area contributed by atoms with Crippen LogP contribution < -0.4 is 20.3 Å². The van der Waals surface area contributed by atoms with Crippen LogP contribution in [0.25, 0.3) is 0 Å². The molecule has 7 heteroatoms. The molecule has 0 aliphatic carbocycles. The molecule has 2 N–H and O–H groups in total. The molecule has 0 saturated heterocycles. The number of nitrogens with one attached hydrogen (secondary N) is 2. The molecule has 6 nitrogen and oxygen atoms in total. The Balaban J connectivity index is 1.87. The normalized spacial score (nSPS) is 10.4. The number of amides is 2. The fourth-order valence-corrected chi connectivity index (χ4v) is 2.61. The number of benzene rings is 2. The van der Waals surface area contributed by atoms with Gasteiger partial charge in [0.1, 0.15) is 5.75 Å². The lowest BCUT2D eigenvalue weighted by Crippen LogP contribution is -2.34. The van der Waals surface area contributed by atoms with Gasteiger partial charge in [0, 0.05) is 30.9 Å². The molecule has 2 rings (SSSR count). The predicted molar refractivity (Wildman–Crippen MR) is 121 cm³/mol. The van der Waals surface area contributed by atoms with Crippen molar-refractivity contribution in [2.45, 2.75) is 27.2 Å². The summed E-state index contributed by atoms with van der Waals surface area (Å²) in [6.07, 6.45) is 0.980. The molecular weight excluding hydrogens is 386 g/mol. The van der Waals surface area contributed by atoms with E-state index in [2.05, 4.69) is 24.5 Å². The van der Waals surface area contributed by atoms with E-state index in [-0.39, 0.29) is 16.9 Å². The van der Waals surface area contributed by atoms with Crippen LogP contribution in [0.15, 0.2) is 48.5 Å². The Bertz CT molecular complexity index is 849. The number of carbonyl (C=O) groups is 2. The van der Waals surface area contributed by atoms with Crippen molar-refractivity contribution in [1.29, 1.82) is 0 Å². The van der Waals surface area contributed by atoms with Gasteiger partial charge in [-0.3, -0.25) is 14.9 Å². The third-order valence-corrected chi connectivity index (χ3v) is 4.50. The van der Waals surface area contributed by atoms with E-state index in [0.29, 0.717) is 23.8 Å². The van der Waals surface area contributed by atoms with Crippen molar-refractivity contribution in [1.82, 2.24) is 5.32 Å². The Morgan fingerprint density at radius 1 is 1.07 bits per heavy atom. The van der Waals surface area contributed by atoms with Gasteiger partial charge in [-0.2, -0.15) is 0 Å². The fourth-order valence-electron chi connectivity index (χ4n) is 2.40. The van der Waals surface area contributed by atoms with Crippen LogP contribution in [-0.2, 0) is 4.79 Å². The second-order valence-corrected chi connectivity index (χ2v) is 7.50. The van der Waals surface area contributed by atoms with E-state index in [1.165, 1.54) is 6.92 Å². The van der Waals surface area contributed by atoms with Gasteiger partial charge in [0.2, 0.25) is 5.91 Å². The number of ether oxygens (including phenoxy) is 1. The lowest BCUT2D eigenvalue weighted by atomic mass is 10.1. The first-order valence-corrected chi connectivity index (χ1v) is 9.86. The maximum Gasteiger partial charge on any atom is 0.257 e. The first-order valence-electron chi connectivity index (χ1n) is 9.46. The number of hydrogen-bond acceptors (Lipinski definition) is 4. The fraction of sp³-hybridized carbons (Fsp3) is 0.318. The molecule has 2 amide bonds. The van der Waals surface area contributed by atoms with Crippen molar-refractivity contribution in [3.63, 3.8) is 0 Å². The predicted octanol–water partition coefficient (Wildman–Crippen LogP) is 4.22. The van der Waals surface area contributed by atoms with Crippen LogP contribution in [0.3, 0.4) is 0 Å². The Morgan fingerprint density at radius 2 is 1.69 bits per heavy atom. The monoisotopic (exact) mass is 413 g/mol. The van der Waals surface area contributed by atoms with Gasteiger partial charge in [-0.1, -0.05) is 13.8 Å². The lowest BCUT2D eigenvalue weighted by Gasteiger charge is -2.16. The molecule has 0 aromatic heterocycles. The van der Waals surface area contributed by atoms with E-state index < -0.39 is 0 Å². The second-order valence-electron chi connectivity index (χ2n) is 7.09. The highest BCUT2D eigenvalue weighted by Gasteiger charge is 2.09. The van der Waals surface area contributed by atoms with Crippen molar-refractivity contribution < 1.29 is 14.3 Å². The maximum absolute atomic E-state index is 12.4. The molecule has 29 heavy (non-hydrogen) atoms. The zero-order valence-corrected chi connectivity index (χ0v) is 18.0. The molecule has 2 aromatic carbocycles. The molecule has 0 unspecified atom stereocenters. The van der Waals surface area contributed by atoms with Crippen LogP contribution in [0.4, 0.5) is 11.4 Å². The molecular formula is C22H27N3O3S. The van der Waals surface area contributed by atoms with E-state index in [9.17, 15) is 9.59 Å². The molecule has 0 atom stereocenters. The topological polar surface area (TPSA) is 70.7 Å². The number of carbonyl (C=O) groups excluding carboxylic acids is 2. The summed E-state index contributed by atoms with van der Waals surface area (Å²) in [5.41, 5.74) is 1.97. The highest BCUT2D eigenvalue weighted by atomic mass is 32.1. The molecule has 154 valence electrons. The number of anilines is 2. The van der Waals surface area contributed by atoms with Crippen LogP contribution in [0, 0.1) is 5.92 Å². The SMILES string of the molecule is CC(=O)N(C)c1ccc(NC(=S)NC(=O)c2ccc(OCCC(C)C)cc2)cc1. The quantitative estimate of drug-likeness (QED) is 0.665. The molecule has 0 fully saturated rings. The summed E-state index contributed by atoms with van der Waals surface area (Å²) in [5, 5.41) is 5.81. The minimum atomic E-state index is -0.302. The van der Waals surface area contributed by atoms with Gasteiger partial charge in [-0.05, 0) is 73.1 Å². The van der Waals surface area contributed by atoms with Crippen molar-refractivity contribution in [3.05, 3.63) is 54.1 Å². The summed E-state index contributed by atoms with van der Waals surface area (Å²) < 4.78 is 5.66. The van der Waals surface area contributed by atoms with Crippen molar-refractivity contribution in [2.24, 2.45) is 5.92 Å². The van der Waals surface area contributed by atoms with Crippen molar-refractivity contribution in [3.8, 4) is 5.75 Å². The summed E-state index contributed by atoms with van der Waals surface area (Å²) in [7, 11) is 1.70. The second kappa shape index (κ2) is 10.6. The van der Waals surface area contributed by atoms with Crippen LogP contribution in [0.1, 0.15) is 37.6 Å². The Morgan fingerprint density at radius 3 is 2.24 bits per heavy atom. The standard InChI is InChI=1S/C22H27N3O3S/c1-15(2)13-14-28-20-11-5-17(6-12-20)21(27)24-22(29)23-18-7-9-19(10-8-18)25(4)16(3)26/h5-12,15H,13-14H2,1-4H3,(H2,23,24,27,29). The minimum Gasteiger partial charge on any atom is -0.494 e. The first-order chi connectivity index (χ1) is 13.8. The lowest BCUT2D eigenvalue weighted by molar-refractivity contribution is -0.116. The van der Waals surface area contributed by atoms with E-state index >= 15 is 0 Å². The summed E-state index contributed by atoms with van der Waals surface area (Å²) in [6.45, 7) is 6.44. The van der Waals surface area contributed by atoms with Crippen LogP contribution >= 0.6 is 12.2 Å². The first kappa shape index (κ1) is 22.4. The molecule has 0 aliphatic heterocycles. The van der Waals surface area contributed by atoms with Crippen molar-refractivity contribution in [2.75, 3.05) is 23.9 Å². The number of hydrogen-bond donors (Lipinski definition) is 2. The molecule has 0 bridgehead atoms. The highest BCUT2D eigenvalue weighted by Crippen LogP contribution is 2.17. The largest absolute Gasteiger partial charge is 0.494 e. The van der Waals surface area contributed by atoms with E-state index in [4.69, 9.17) is 17.0 Å². The van der Waals surface area contributed by atoms with Gasteiger partial charge in [0.25, 0.3) is 5.91 Å². The third-order valence-electron chi connectivity index (χ3n) is 4.29. The van der Waals surface area contributed by atoms with Gasteiger partial charge >= 0.3 is 0 Å². The minimum absolute atomic E-state index is 0.0511. The highest BCUT2D eigenvalue weighted by molar-refractivity contribution is 7.80. The van der Waals surface area contributed by atoms with Crippen LogP contribution in [0.5, 0.6) is 5.75 Å². The third kappa shape index (κ3) is 7.19. The van der Waals surface area contributed by atoms with Gasteiger partial charge in [-0.25, -0.2) is 0 Å². The maximum atomic E-state index is 12.4. The smallest absolute Gasteiger partial charge is 0.257 e. The molecule has 0 saturated carbocycles. The summed E-state index contributed by atoms with van der Waals surface area (Å²) in [5.74, 6) is 0.965. The summed E-state index contributed by atoms with van der Waals surface area (Å²) in [4.78, 5) is 25.3. The summed E-state index contributed by atoms with van der Waals surface area (Å²) in [6, 6.07) is 14.1. The average molecular weight is 414 g/mol. The van der Waals surface area contributed by atoms with E-state index in [1.54, 1.807) is 60.5 Å². The van der Waals surface area contributed by atoms with Crippen LogP contribution in [-0.4, -0.2) is 30.6 Å². The number of nitrogens with zero attached hydrogens (tertiary/aromatic N) is 1. The van der Waals surface area contributed by atoms with Gasteiger partial charge < -0.3 is 15.0 Å². The van der Waals surface area contributed by atoms with Gasteiger partial charge in [0.15, 0.2) is 5.11 Å². The molecule has 0 spiro atoms. The summed E-state index contributed by atoms with van der Waals surface area (Å²) >= 11 is 5.21. The Kier molecular flexibility index (Phi) is 8.15. The number of rotatable bonds is 7. The van der Waals surface area contributed by atoms with Crippen LogP contribution in [0.2, 0.25) is 0 Å². The van der Waals surface area contributed by atoms with E-state index in [0.717, 1.165) is 17.9 Å². The molecule has 0 heterocycles. The van der Waals surface area contributed by atoms with Crippen molar-refractivity contribution >= 4 is 40.5 Å². The zero-order chi connectivity index (χ0) is 21.4. The Hall–Kier alpha value is -2.93. The van der Waals surface area contributed by atoms with Gasteiger partial charge in [0.05, 0.1) is 6.61 Å². The molecule has 0 aliphatic rings. The van der Waals surface area contributed by atoms with E-state index in [1.807, 2.05) is 0 Å². The number of thiocarbonyl (C=S) groups is 1. The Labute approximate surface area is 177 Å². The molecule has 0 radical (unpaired) electrons. The molecule has 2 aromatic rings. The average Bonchev–Trinajstić information content (AvgIpc) is 2.68. The zero-order valence-electron chi connectivity index (χ0n) is 17.2.